The van der Waals surface area contributed by atoms with E-state index in [1.54, 1.807) is 0 Å². The van der Waals surface area contributed by atoms with Gasteiger partial charge in [0.05, 0.1) is 0 Å². The second kappa shape index (κ2) is 4.30. The number of nitrogens with zero attached hydrogens (tertiary/aromatic N) is 2. The van der Waals surface area contributed by atoms with Gasteiger partial charge in [-0.2, -0.15) is 0 Å². The Balaban J connectivity index is 1.58. The predicted molar refractivity (Wildman–Crippen MR) is 67.5 cm³/mol. The molecule has 92 valence electrons. The first-order valence-electron chi connectivity index (χ1n) is 7.22. The number of rotatable bonds is 2. The molecule has 2 saturated heterocycles. The van der Waals surface area contributed by atoms with Gasteiger partial charge in [-0.3, -0.25) is 9.80 Å². The lowest BCUT2D eigenvalue weighted by Crippen LogP contribution is -2.58. The van der Waals surface area contributed by atoms with E-state index in [2.05, 4.69) is 23.6 Å². The minimum absolute atomic E-state index is 0.794. The third-order valence-electron chi connectivity index (χ3n) is 5.06. The second-order valence-electron chi connectivity index (χ2n) is 6.42. The van der Waals surface area contributed by atoms with Crippen LogP contribution in [0.15, 0.2) is 0 Å². The number of piperazine rings is 1. The first-order valence-corrected chi connectivity index (χ1v) is 7.22. The fourth-order valence-corrected chi connectivity index (χ4v) is 3.62. The standard InChI is InChI=1S/C14H26N2/c1-11-7-13(11)9-16-10-14-5-3-4-6-15(14)8-12(16)2/h11-14H,3-10H2,1-2H3. The van der Waals surface area contributed by atoms with E-state index in [0.717, 1.165) is 23.9 Å². The van der Waals surface area contributed by atoms with Gasteiger partial charge in [0.25, 0.3) is 0 Å². The Morgan fingerprint density at radius 2 is 1.94 bits per heavy atom. The van der Waals surface area contributed by atoms with Crippen LogP contribution in [0.2, 0.25) is 0 Å². The maximum atomic E-state index is 2.78. The molecule has 0 bridgehead atoms. The molecule has 2 aliphatic heterocycles. The molecule has 0 radical (unpaired) electrons. The Hall–Kier alpha value is -0.0800. The number of hydrogen-bond acceptors (Lipinski definition) is 2. The summed E-state index contributed by atoms with van der Waals surface area (Å²) in [4.78, 5) is 5.53. The lowest BCUT2D eigenvalue weighted by Gasteiger charge is -2.47. The fraction of sp³-hybridized carbons (Fsp3) is 1.00. The van der Waals surface area contributed by atoms with E-state index < -0.39 is 0 Å². The van der Waals surface area contributed by atoms with Crippen molar-refractivity contribution in [2.24, 2.45) is 11.8 Å². The van der Waals surface area contributed by atoms with E-state index in [1.807, 2.05) is 0 Å². The largest absolute Gasteiger partial charge is 0.298 e. The van der Waals surface area contributed by atoms with Crippen molar-refractivity contribution in [3.05, 3.63) is 0 Å². The van der Waals surface area contributed by atoms with Crippen LogP contribution in [0.5, 0.6) is 0 Å². The molecule has 1 aliphatic carbocycles. The zero-order valence-electron chi connectivity index (χ0n) is 10.9. The number of hydrogen-bond donors (Lipinski definition) is 0. The van der Waals surface area contributed by atoms with Crippen LogP contribution >= 0.6 is 0 Å². The van der Waals surface area contributed by atoms with Crippen LogP contribution in [0.3, 0.4) is 0 Å². The summed E-state index contributed by atoms with van der Waals surface area (Å²) in [5, 5.41) is 0. The van der Waals surface area contributed by atoms with Crippen molar-refractivity contribution in [2.45, 2.75) is 51.6 Å². The molecule has 0 spiro atoms. The van der Waals surface area contributed by atoms with Crippen molar-refractivity contribution in [1.82, 2.24) is 9.80 Å². The lowest BCUT2D eigenvalue weighted by atomic mass is 9.97. The van der Waals surface area contributed by atoms with E-state index in [4.69, 9.17) is 0 Å². The predicted octanol–water partition coefficient (Wildman–Crippen LogP) is 2.20. The molecule has 1 saturated carbocycles. The van der Waals surface area contributed by atoms with Crippen LogP contribution in [0, 0.1) is 11.8 Å². The van der Waals surface area contributed by atoms with Crippen LogP contribution in [0.4, 0.5) is 0 Å². The summed E-state index contributed by atoms with van der Waals surface area (Å²) >= 11 is 0. The Bertz CT molecular complexity index is 253. The minimum atomic E-state index is 0.794. The van der Waals surface area contributed by atoms with Gasteiger partial charge in [0.15, 0.2) is 0 Å². The van der Waals surface area contributed by atoms with Gasteiger partial charge >= 0.3 is 0 Å². The van der Waals surface area contributed by atoms with Gasteiger partial charge in [0, 0.05) is 31.7 Å². The van der Waals surface area contributed by atoms with E-state index in [1.165, 1.54) is 51.9 Å². The van der Waals surface area contributed by atoms with Crippen molar-refractivity contribution < 1.29 is 0 Å². The number of piperidine rings is 1. The van der Waals surface area contributed by atoms with Crippen LogP contribution in [-0.4, -0.2) is 48.1 Å². The normalized spacial score (nSPS) is 45.4. The zero-order chi connectivity index (χ0) is 11.1. The van der Waals surface area contributed by atoms with Gasteiger partial charge in [-0.05, 0) is 44.6 Å². The fourth-order valence-electron chi connectivity index (χ4n) is 3.62. The quantitative estimate of drug-likeness (QED) is 0.707. The molecule has 16 heavy (non-hydrogen) atoms. The Morgan fingerprint density at radius 3 is 2.69 bits per heavy atom. The molecule has 3 fully saturated rings. The summed E-state index contributed by atoms with van der Waals surface area (Å²) in [7, 11) is 0. The van der Waals surface area contributed by atoms with Crippen molar-refractivity contribution >= 4 is 0 Å². The Kier molecular flexibility index (Phi) is 2.97. The molecule has 0 aromatic heterocycles. The first-order chi connectivity index (χ1) is 7.74. The monoisotopic (exact) mass is 222 g/mol. The molecule has 0 N–H and O–H groups in total. The van der Waals surface area contributed by atoms with Gasteiger partial charge in [0.1, 0.15) is 0 Å². The van der Waals surface area contributed by atoms with Crippen molar-refractivity contribution in [1.29, 1.82) is 0 Å². The minimum Gasteiger partial charge on any atom is -0.298 e. The molecule has 3 rings (SSSR count). The third kappa shape index (κ3) is 2.14. The summed E-state index contributed by atoms with van der Waals surface area (Å²) in [6, 6.07) is 1.68. The van der Waals surface area contributed by atoms with Crippen LogP contribution in [0.25, 0.3) is 0 Å². The van der Waals surface area contributed by atoms with Crippen LogP contribution in [0.1, 0.15) is 39.5 Å². The van der Waals surface area contributed by atoms with Gasteiger partial charge in [0.2, 0.25) is 0 Å². The molecule has 0 aromatic carbocycles. The van der Waals surface area contributed by atoms with E-state index in [-0.39, 0.29) is 0 Å². The summed E-state index contributed by atoms with van der Waals surface area (Å²) in [6.07, 6.45) is 5.83. The lowest BCUT2D eigenvalue weighted by molar-refractivity contribution is 0.0125. The smallest absolute Gasteiger partial charge is 0.0223 e. The zero-order valence-corrected chi connectivity index (χ0v) is 10.9. The molecule has 2 heteroatoms. The highest BCUT2D eigenvalue weighted by Crippen LogP contribution is 2.39. The first kappa shape index (κ1) is 11.0. The summed E-state index contributed by atoms with van der Waals surface area (Å²) < 4.78 is 0. The maximum Gasteiger partial charge on any atom is 0.0223 e. The molecule has 3 aliphatic rings. The van der Waals surface area contributed by atoms with Gasteiger partial charge in [-0.1, -0.05) is 13.3 Å². The van der Waals surface area contributed by atoms with Gasteiger partial charge < -0.3 is 0 Å². The molecule has 2 heterocycles. The molecule has 4 unspecified atom stereocenters. The Morgan fingerprint density at radius 1 is 1.12 bits per heavy atom. The maximum absolute atomic E-state index is 2.78. The Labute approximate surface area is 100.0 Å². The summed E-state index contributed by atoms with van der Waals surface area (Å²) in [5.41, 5.74) is 0. The highest BCUT2D eigenvalue weighted by Gasteiger charge is 2.38. The van der Waals surface area contributed by atoms with Crippen molar-refractivity contribution in [2.75, 3.05) is 26.2 Å². The van der Waals surface area contributed by atoms with E-state index in [0.29, 0.717) is 0 Å². The van der Waals surface area contributed by atoms with Crippen molar-refractivity contribution in [3.63, 3.8) is 0 Å². The highest BCUT2D eigenvalue weighted by molar-refractivity contribution is 4.93. The highest BCUT2D eigenvalue weighted by atomic mass is 15.3. The molecule has 0 aromatic rings. The summed E-state index contributed by atoms with van der Waals surface area (Å²) in [6.45, 7) is 10.3. The molecular formula is C14H26N2. The average molecular weight is 222 g/mol. The molecular weight excluding hydrogens is 196 g/mol. The van der Waals surface area contributed by atoms with E-state index in [9.17, 15) is 0 Å². The second-order valence-corrected chi connectivity index (χ2v) is 6.42. The molecule has 4 atom stereocenters. The van der Waals surface area contributed by atoms with Crippen LogP contribution < -0.4 is 0 Å². The van der Waals surface area contributed by atoms with Crippen LogP contribution in [-0.2, 0) is 0 Å². The topological polar surface area (TPSA) is 6.48 Å². The average Bonchev–Trinajstić information content (AvgIpc) is 2.95. The number of fused-ring (bicyclic) bond motifs is 1. The molecule has 0 amide bonds. The van der Waals surface area contributed by atoms with Gasteiger partial charge in [-0.15, -0.1) is 0 Å². The summed E-state index contributed by atoms with van der Waals surface area (Å²) in [5.74, 6) is 2.04. The SMILES string of the molecule is CC1CC1CN1CC2CCCCN2CC1C. The molecule has 2 nitrogen and oxygen atoms in total. The van der Waals surface area contributed by atoms with Crippen molar-refractivity contribution in [3.8, 4) is 0 Å². The van der Waals surface area contributed by atoms with E-state index >= 15 is 0 Å². The van der Waals surface area contributed by atoms with Gasteiger partial charge in [-0.25, -0.2) is 0 Å². The third-order valence-corrected chi connectivity index (χ3v) is 5.06.